The van der Waals surface area contributed by atoms with Crippen LogP contribution < -0.4 is 16.0 Å². The van der Waals surface area contributed by atoms with Gasteiger partial charge in [-0.3, -0.25) is 9.36 Å². The van der Waals surface area contributed by atoms with E-state index in [2.05, 4.69) is 4.72 Å². The van der Waals surface area contributed by atoms with E-state index in [1.807, 2.05) is 0 Å². The smallest absolute Gasteiger partial charge is 0.330 e. The van der Waals surface area contributed by atoms with Crippen LogP contribution in [0.1, 0.15) is 27.7 Å². The second-order valence-corrected chi connectivity index (χ2v) is 7.69. The minimum absolute atomic E-state index is 0.551. The molecule has 1 aromatic rings. The van der Waals surface area contributed by atoms with Crippen LogP contribution in [0.15, 0.2) is 20.7 Å². The highest BCUT2D eigenvalue weighted by Gasteiger charge is 2.39. The van der Waals surface area contributed by atoms with Crippen molar-refractivity contribution in [3.8, 4) is 0 Å². The molecule has 0 spiro atoms. The Morgan fingerprint density at radius 3 is 2.05 bits per heavy atom. The maximum absolute atomic E-state index is 12.4. The first-order chi connectivity index (χ1) is 9.21. The Balaban J connectivity index is 3.48. The predicted molar refractivity (Wildman–Crippen MR) is 77.6 cm³/mol. The number of aryl methyl sites for hydroxylation is 1. The number of sulfonamides is 1. The quantitative estimate of drug-likeness (QED) is 0.733. The van der Waals surface area contributed by atoms with Gasteiger partial charge in [0.15, 0.2) is 4.90 Å². The number of aliphatic hydroxyl groups is 1. The Kier molecular flexibility index (Phi) is 4.25. The van der Waals surface area contributed by atoms with E-state index in [4.69, 9.17) is 0 Å². The largest absolute Gasteiger partial charge is 0.389 e. The molecule has 1 heterocycles. The summed E-state index contributed by atoms with van der Waals surface area (Å²) >= 11 is 0. The van der Waals surface area contributed by atoms with Crippen molar-refractivity contribution >= 4 is 10.0 Å². The zero-order valence-electron chi connectivity index (χ0n) is 13.0. The highest BCUT2D eigenvalue weighted by Crippen LogP contribution is 2.22. The van der Waals surface area contributed by atoms with Gasteiger partial charge in [0.25, 0.3) is 5.56 Å². The second kappa shape index (κ2) is 5.08. The van der Waals surface area contributed by atoms with Crippen LogP contribution in [0.25, 0.3) is 0 Å². The average Bonchev–Trinajstić information content (AvgIpc) is 2.28. The molecular formula is C12H21N3O5S. The lowest BCUT2D eigenvalue weighted by Crippen LogP contribution is -2.58. The van der Waals surface area contributed by atoms with E-state index in [-0.39, 0.29) is 0 Å². The summed E-state index contributed by atoms with van der Waals surface area (Å²) in [6, 6.07) is 0. The van der Waals surface area contributed by atoms with Gasteiger partial charge in [-0.05, 0) is 27.7 Å². The lowest BCUT2D eigenvalue weighted by Gasteiger charge is -2.37. The van der Waals surface area contributed by atoms with Crippen LogP contribution in [-0.4, -0.2) is 33.8 Å². The summed E-state index contributed by atoms with van der Waals surface area (Å²) in [7, 11) is -1.65. The summed E-state index contributed by atoms with van der Waals surface area (Å²) in [4.78, 5) is 23.0. The lowest BCUT2D eigenvalue weighted by atomic mass is 9.87. The average molecular weight is 319 g/mol. The van der Waals surface area contributed by atoms with Crippen molar-refractivity contribution in [2.24, 2.45) is 14.1 Å². The molecule has 0 saturated carbocycles. The van der Waals surface area contributed by atoms with E-state index in [0.29, 0.717) is 4.57 Å². The van der Waals surface area contributed by atoms with E-state index in [1.54, 1.807) is 0 Å². The summed E-state index contributed by atoms with van der Waals surface area (Å²) in [6.07, 6.45) is 0.966. The Morgan fingerprint density at radius 2 is 1.62 bits per heavy atom. The summed E-state index contributed by atoms with van der Waals surface area (Å²) < 4.78 is 28.8. The molecule has 21 heavy (non-hydrogen) atoms. The fourth-order valence-corrected chi connectivity index (χ4v) is 3.17. The van der Waals surface area contributed by atoms with Crippen molar-refractivity contribution in [2.45, 2.75) is 43.7 Å². The molecule has 2 N–H and O–H groups in total. The van der Waals surface area contributed by atoms with Crippen LogP contribution in [-0.2, 0) is 24.1 Å². The molecule has 0 atom stereocenters. The maximum atomic E-state index is 12.4. The molecule has 0 amide bonds. The van der Waals surface area contributed by atoms with Crippen molar-refractivity contribution in [3.63, 3.8) is 0 Å². The van der Waals surface area contributed by atoms with E-state index < -0.39 is 37.3 Å². The zero-order chi connectivity index (χ0) is 16.8. The Hall–Kier alpha value is -1.45. The van der Waals surface area contributed by atoms with E-state index in [9.17, 15) is 23.1 Å². The van der Waals surface area contributed by atoms with Gasteiger partial charge in [-0.2, -0.15) is 0 Å². The highest BCUT2D eigenvalue weighted by atomic mass is 32.2. The first kappa shape index (κ1) is 17.6. The van der Waals surface area contributed by atoms with E-state index >= 15 is 0 Å². The van der Waals surface area contributed by atoms with Crippen LogP contribution in [0.3, 0.4) is 0 Å². The molecular weight excluding hydrogens is 298 g/mol. The molecule has 0 fully saturated rings. The van der Waals surface area contributed by atoms with Gasteiger partial charge in [-0.15, -0.1) is 0 Å². The number of aromatic nitrogens is 2. The standard InChI is InChI=1S/C12H21N3O5S/c1-11(2,12(3,4)18)13-21(19,20)8-7-14(5)10(17)15(6)9(8)16/h7,13,18H,1-6H3. The fraction of sp³-hybridized carbons (Fsp3) is 0.667. The normalized spacial score (nSPS) is 13.5. The van der Waals surface area contributed by atoms with Gasteiger partial charge in [0.05, 0.1) is 11.1 Å². The first-order valence-electron chi connectivity index (χ1n) is 6.24. The third-order valence-electron chi connectivity index (χ3n) is 3.62. The molecule has 0 aliphatic carbocycles. The van der Waals surface area contributed by atoms with Gasteiger partial charge in [0.2, 0.25) is 10.0 Å². The number of nitrogens with one attached hydrogen (secondary N) is 1. The Morgan fingerprint density at radius 1 is 1.14 bits per heavy atom. The van der Waals surface area contributed by atoms with Crippen LogP contribution >= 0.6 is 0 Å². The van der Waals surface area contributed by atoms with Crippen LogP contribution in [0.5, 0.6) is 0 Å². The van der Waals surface area contributed by atoms with Gasteiger partial charge in [-0.25, -0.2) is 17.9 Å². The minimum Gasteiger partial charge on any atom is -0.389 e. The summed E-state index contributed by atoms with van der Waals surface area (Å²) in [5.74, 6) is 0. The van der Waals surface area contributed by atoms with Gasteiger partial charge in [0.1, 0.15) is 0 Å². The van der Waals surface area contributed by atoms with Gasteiger partial charge < -0.3 is 9.67 Å². The maximum Gasteiger partial charge on any atom is 0.330 e. The number of hydrogen-bond acceptors (Lipinski definition) is 5. The SMILES string of the molecule is Cn1cc(S(=O)(=O)NC(C)(C)C(C)(C)O)c(=O)n(C)c1=O. The molecule has 9 heteroatoms. The minimum atomic E-state index is -4.20. The molecule has 0 radical (unpaired) electrons. The van der Waals surface area contributed by atoms with Crippen LogP contribution in [0.2, 0.25) is 0 Å². The molecule has 1 aromatic heterocycles. The number of rotatable bonds is 4. The number of nitrogens with zero attached hydrogens (tertiary/aromatic N) is 2. The van der Waals surface area contributed by atoms with E-state index in [1.165, 1.54) is 41.8 Å². The van der Waals surface area contributed by atoms with Gasteiger partial charge in [-0.1, -0.05) is 0 Å². The molecule has 8 nitrogen and oxygen atoms in total. The topological polar surface area (TPSA) is 110 Å². The number of hydrogen-bond donors (Lipinski definition) is 2. The summed E-state index contributed by atoms with van der Waals surface area (Å²) in [5, 5.41) is 10.0. The molecule has 0 unspecified atom stereocenters. The zero-order valence-corrected chi connectivity index (χ0v) is 13.8. The van der Waals surface area contributed by atoms with Crippen LogP contribution in [0, 0.1) is 0 Å². The fourth-order valence-electron chi connectivity index (χ4n) is 1.48. The van der Waals surface area contributed by atoms with Crippen molar-refractivity contribution in [1.29, 1.82) is 0 Å². The van der Waals surface area contributed by atoms with E-state index in [0.717, 1.165) is 10.8 Å². The molecule has 0 bridgehead atoms. The monoisotopic (exact) mass is 319 g/mol. The second-order valence-electron chi connectivity index (χ2n) is 6.04. The van der Waals surface area contributed by atoms with Crippen molar-refractivity contribution in [3.05, 3.63) is 27.0 Å². The molecule has 0 aromatic carbocycles. The molecule has 0 saturated heterocycles. The predicted octanol–water partition coefficient (Wildman–Crippen LogP) is -1.09. The van der Waals surface area contributed by atoms with Crippen molar-refractivity contribution in [2.75, 3.05) is 0 Å². The lowest BCUT2D eigenvalue weighted by molar-refractivity contribution is 0.00637. The van der Waals surface area contributed by atoms with Crippen molar-refractivity contribution in [1.82, 2.24) is 13.9 Å². The molecule has 0 aliphatic heterocycles. The molecule has 1 rings (SSSR count). The third-order valence-corrected chi connectivity index (χ3v) is 5.26. The van der Waals surface area contributed by atoms with Gasteiger partial charge >= 0.3 is 5.69 Å². The first-order valence-corrected chi connectivity index (χ1v) is 7.72. The molecule has 0 aliphatic rings. The van der Waals surface area contributed by atoms with Crippen molar-refractivity contribution < 1.29 is 13.5 Å². The highest BCUT2D eigenvalue weighted by molar-refractivity contribution is 7.89. The van der Waals surface area contributed by atoms with Crippen LogP contribution in [0.4, 0.5) is 0 Å². The molecule has 120 valence electrons. The summed E-state index contributed by atoms with van der Waals surface area (Å²) in [5.41, 5.74) is -4.12. The van der Waals surface area contributed by atoms with Gasteiger partial charge in [0, 0.05) is 20.3 Å². The summed E-state index contributed by atoms with van der Waals surface area (Å²) in [6.45, 7) is 5.90. The Bertz CT molecular complexity index is 766. The third kappa shape index (κ3) is 3.25. The Labute approximate surface area is 123 Å².